The molecule has 0 unspecified atom stereocenters. The summed E-state index contributed by atoms with van der Waals surface area (Å²) >= 11 is 5.00. The Kier molecular flexibility index (Phi) is 3.24. The molecule has 5 heteroatoms. The first-order chi connectivity index (χ1) is 9.11. The van der Waals surface area contributed by atoms with E-state index < -0.39 is 0 Å². The molecule has 0 saturated carbocycles. The lowest BCUT2D eigenvalue weighted by molar-refractivity contribution is 0.629. The van der Waals surface area contributed by atoms with Gasteiger partial charge in [-0.1, -0.05) is 33.3 Å². The summed E-state index contributed by atoms with van der Waals surface area (Å²) in [4.78, 5) is 4.37. The molecule has 0 saturated heterocycles. The number of nitrogens with one attached hydrogen (secondary N) is 1. The SMILES string of the molecule is Cc1ccc(Nc2nc3cc(F)ccc3s2)cc1Br. The number of hydrogen-bond acceptors (Lipinski definition) is 3. The predicted octanol–water partition coefficient (Wildman–Crippen LogP) is 5.25. The van der Waals surface area contributed by atoms with Gasteiger partial charge in [0.05, 0.1) is 10.2 Å². The third-order valence-electron chi connectivity index (χ3n) is 2.77. The maximum absolute atomic E-state index is 13.1. The van der Waals surface area contributed by atoms with Crippen molar-refractivity contribution in [2.24, 2.45) is 0 Å². The lowest BCUT2D eigenvalue weighted by atomic mass is 10.2. The predicted molar refractivity (Wildman–Crippen MR) is 81.7 cm³/mol. The fourth-order valence-corrected chi connectivity index (χ4v) is 2.99. The second kappa shape index (κ2) is 4.90. The van der Waals surface area contributed by atoms with E-state index >= 15 is 0 Å². The molecule has 96 valence electrons. The molecule has 2 aromatic carbocycles. The third-order valence-corrected chi connectivity index (χ3v) is 4.58. The fraction of sp³-hybridized carbons (Fsp3) is 0.0714. The molecular weight excluding hydrogens is 327 g/mol. The highest BCUT2D eigenvalue weighted by atomic mass is 79.9. The minimum Gasteiger partial charge on any atom is -0.331 e. The van der Waals surface area contributed by atoms with Crippen LogP contribution in [0.5, 0.6) is 0 Å². The standard InChI is InChI=1S/C14H10BrFN2S/c1-8-2-4-10(7-11(8)15)17-14-18-12-6-9(16)3-5-13(12)19-14/h2-7H,1H3,(H,17,18). The summed E-state index contributed by atoms with van der Waals surface area (Å²) in [6, 6.07) is 10.7. The number of aromatic nitrogens is 1. The zero-order valence-corrected chi connectivity index (χ0v) is 12.5. The highest BCUT2D eigenvalue weighted by Crippen LogP contribution is 2.30. The second-order valence-corrected chi connectivity index (χ2v) is 6.11. The highest BCUT2D eigenvalue weighted by Gasteiger charge is 2.05. The van der Waals surface area contributed by atoms with Crippen LogP contribution in [0.1, 0.15) is 5.56 Å². The monoisotopic (exact) mass is 336 g/mol. The van der Waals surface area contributed by atoms with E-state index in [0.29, 0.717) is 5.52 Å². The highest BCUT2D eigenvalue weighted by molar-refractivity contribution is 9.10. The molecule has 19 heavy (non-hydrogen) atoms. The second-order valence-electron chi connectivity index (χ2n) is 4.22. The van der Waals surface area contributed by atoms with Crippen LogP contribution in [-0.2, 0) is 0 Å². The van der Waals surface area contributed by atoms with Crippen molar-refractivity contribution in [1.29, 1.82) is 0 Å². The Bertz CT molecular complexity index is 754. The number of benzene rings is 2. The molecule has 0 aliphatic carbocycles. The topological polar surface area (TPSA) is 24.9 Å². The van der Waals surface area contributed by atoms with Crippen molar-refractivity contribution in [2.45, 2.75) is 6.92 Å². The van der Waals surface area contributed by atoms with E-state index in [2.05, 4.69) is 26.2 Å². The molecule has 0 aliphatic heterocycles. The van der Waals surface area contributed by atoms with Crippen LogP contribution in [-0.4, -0.2) is 4.98 Å². The van der Waals surface area contributed by atoms with E-state index in [0.717, 1.165) is 20.0 Å². The van der Waals surface area contributed by atoms with Crippen molar-refractivity contribution in [3.8, 4) is 0 Å². The zero-order chi connectivity index (χ0) is 13.4. The molecule has 2 nitrogen and oxygen atoms in total. The van der Waals surface area contributed by atoms with Crippen molar-refractivity contribution < 1.29 is 4.39 Å². The Hall–Kier alpha value is -1.46. The molecule has 3 aromatic rings. The first-order valence-electron chi connectivity index (χ1n) is 5.71. The Morgan fingerprint density at radius 1 is 1.21 bits per heavy atom. The van der Waals surface area contributed by atoms with Gasteiger partial charge in [0.2, 0.25) is 0 Å². The summed E-state index contributed by atoms with van der Waals surface area (Å²) in [7, 11) is 0. The number of aryl methyl sites for hydroxylation is 1. The maximum Gasteiger partial charge on any atom is 0.188 e. The van der Waals surface area contributed by atoms with Crippen LogP contribution >= 0.6 is 27.3 Å². The van der Waals surface area contributed by atoms with E-state index in [1.54, 1.807) is 6.07 Å². The van der Waals surface area contributed by atoms with Gasteiger partial charge in [0.15, 0.2) is 5.13 Å². The van der Waals surface area contributed by atoms with E-state index in [1.807, 2.05) is 25.1 Å². The molecule has 1 aromatic heterocycles. The fourth-order valence-electron chi connectivity index (χ4n) is 1.75. The van der Waals surface area contributed by atoms with Gasteiger partial charge in [-0.15, -0.1) is 0 Å². The molecule has 3 rings (SSSR count). The quantitative estimate of drug-likeness (QED) is 0.691. The zero-order valence-electron chi connectivity index (χ0n) is 10.1. The summed E-state index contributed by atoms with van der Waals surface area (Å²) in [5, 5.41) is 4.00. The summed E-state index contributed by atoms with van der Waals surface area (Å²) in [5.74, 6) is -0.262. The van der Waals surface area contributed by atoms with Crippen molar-refractivity contribution in [3.63, 3.8) is 0 Å². The summed E-state index contributed by atoms with van der Waals surface area (Å²) in [5.41, 5.74) is 2.81. The van der Waals surface area contributed by atoms with Crippen LogP contribution < -0.4 is 5.32 Å². The summed E-state index contributed by atoms with van der Waals surface area (Å²) in [6.45, 7) is 2.04. The summed E-state index contributed by atoms with van der Waals surface area (Å²) in [6.07, 6.45) is 0. The Labute approximate surface area is 122 Å². The molecule has 0 atom stereocenters. The Balaban J connectivity index is 1.94. The van der Waals surface area contributed by atoms with Crippen molar-refractivity contribution in [3.05, 3.63) is 52.3 Å². The lowest BCUT2D eigenvalue weighted by Gasteiger charge is -2.04. The number of rotatable bonds is 2. The average molecular weight is 337 g/mol. The number of halogens is 2. The van der Waals surface area contributed by atoms with Crippen LogP contribution in [0.15, 0.2) is 40.9 Å². The first-order valence-corrected chi connectivity index (χ1v) is 7.32. The van der Waals surface area contributed by atoms with E-state index in [1.165, 1.54) is 29.0 Å². The van der Waals surface area contributed by atoms with Gasteiger partial charge in [0.1, 0.15) is 5.82 Å². The van der Waals surface area contributed by atoms with E-state index in [-0.39, 0.29) is 5.82 Å². The molecule has 1 N–H and O–H groups in total. The smallest absolute Gasteiger partial charge is 0.188 e. The first kappa shape index (κ1) is 12.6. The van der Waals surface area contributed by atoms with Gasteiger partial charge in [-0.2, -0.15) is 0 Å². The van der Waals surface area contributed by atoms with Gasteiger partial charge in [0.25, 0.3) is 0 Å². The van der Waals surface area contributed by atoms with Crippen molar-refractivity contribution >= 4 is 48.3 Å². The number of fused-ring (bicyclic) bond motifs is 1. The number of nitrogens with zero attached hydrogens (tertiary/aromatic N) is 1. The van der Waals surface area contributed by atoms with Gasteiger partial charge in [-0.3, -0.25) is 0 Å². The van der Waals surface area contributed by atoms with Crippen molar-refractivity contribution in [2.75, 3.05) is 5.32 Å². The van der Waals surface area contributed by atoms with E-state index in [9.17, 15) is 4.39 Å². The minimum absolute atomic E-state index is 0.262. The third kappa shape index (κ3) is 2.62. The Morgan fingerprint density at radius 2 is 2.05 bits per heavy atom. The number of thiazole rings is 1. The Morgan fingerprint density at radius 3 is 2.84 bits per heavy atom. The number of hydrogen-bond donors (Lipinski definition) is 1. The van der Waals surface area contributed by atoms with Gasteiger partial charge >= 0.3 is 0 Å². The minimum atomic E-state index is -0.262. The van der Waals surface area contributed by atoms with Gasteiger partial charge in [-0.05, 0) is 36.8 Å². The molecule has 0 spiro atoms. The van der Waals surface area contributed by atoms with Crippen LogP contribution in [0.4, 0.5) is 15.2 Å². The van der Waals surface area contributed by atoms with Crippen LogP contribution in [0.25, 0.3) is 10.2 Å². The molecule has 0 fully saturated rings. The normalized spacial score (nSPS) is 10.9. The van der Waals surface area contributed by atoms with Crippen LogP contribution in [0, 0.1) is 12.7 Å². The largest absolute Gasteiger partial charge is 0.331 e. The van der Waals surface area contributed by atoms with Crippen LogP contribution in [0.2, 0.25) is 0 Å². The van der Waals surface area contributed by atoms with Gasteiger partial charge in [0, 0.05) is 16.2 Å². The van der Waals surface area contributed by atoms with Gasteiger partial charge < -0.3 is 5.32 Å². The van der Waals surface area contributed by atoms with Crippen molar-refractivity contribution in [1.82, 2.24) is 4.98 Å². The average Bonchev–Trinajstić information content (AvgIpc) is 2.75. The lowest BCUT2D eigenvalue weighted by Crippen LogP contribution is -1.89. The molecule has 0 bridgehead atoms. The molecule has 1 heterocycles. The molecule has 0 aliphatic rings. The molecule has 0 amide bonds. The molecule has 0 radical (unpaired) electrons. The van der Waals surface area contributed by atoms with E-state index in [4.69, 9.17) is 0 Å². The summed E-state index contributed by atoms with van der Waals surface area (Å²) < 4.78 is 15.1. The maximum atomic E-state index is 13.1. The molecular formula is C14H10BrFN2S. The van der Waals surface area contributed by atoms with Gasteiger partial charge in [-0.25, -0.2) is 9.37 Å². The van der Waals surface area contributed by atoms with Crippen LogP contribution in [0.3, 0.4) is 0 Å². The number of anilines is 2.